The zero-order valence-electron chi connectivity index (χ0n) is 25.6. The number of pyridine rings is 1. The predicted molar refractivity (Wildman–Crippen MR) is 170 cm³/mol. The Balaban J connectivity index is 0.00000216. The number of methoxy groups -OCH3 is 1. The van der Waals surface area contributed by atoms with E-state index in [1.54, 1.807) is 61.5 Å². The lowest BCUT2D eigenvalue weighted by Gasteiger charge is -2.20. The monoisotopic (exact) mass is 619 g/mol. The Morgan fingerprint density at radius 2 is 1.45 bits per heavy atom. The topological polar surface area (TPSA) is 102 Å². The van der Waals surface area contributed by atoms with Crippen molar-refractivity contribution in [1.29, 1.82) is 0 Å². The molecule has 5 rings (SSSR count). The summed E-state index contributed by atoms with van der Waals surface area (Å²) < 4.78 is 42.8. The summed E-state index contributed by atoms with van der Waals surface area (Å²) in [6.45, 7) is 8.84. The molecule has 0 N–H and O–H groups in total. The van der Waals surface area contributed by atoms with E-state index >= 15 is 4.39 Å². The van der Waals surface area contributed by atoms with Gasteiger partial charge in [0.15, 0.2) is 5.75 Å². The summed E-state index contributed by atoms with van der Waals surface area (Å²) >= 11 is -2.12. The molecule has 3 aromatic carbocycles. The Bertz CT molecular complexity index is 2050. The zero-order chi connectivity index (χ0) is 32.3. The van der Waals surface area contributed by atoms with Gasteiger partial charge < -0.3 is 8.92 Å². The molecular weight excluding hydrogens is 585 g/mol. The second kappa shape index (κ2) is 13.3. The number of fused-ring (bicyclic) bond motifs is 1. The van der Waals surface area contributed by atoms with E-state index < -0.39 is 33.7 Å². The van der Waals surface area contributed by atoms with Crippen LogP contribution in [0.2, 0.25) is 0 Å². The molecule has 0 aliphatic heterocycles. The number of benzene rings is 3. The van der Waals surface area contributed by atoms with Crippen LogP contribution in [0.25, 0.3) is 16.7 Å². The first-order valence-corrected chi connectivity index (χ1v) is 15.0. The second-order valence-corrected chi connectivity index (χ2v) is 11.1. The summed E-state index contributed by atoms with van der Waals surface area (Å²) in [5.74, 6) is -0.392. The smallest absolute Gasteiger partial charge is 0.337 e. The number of rotatable bonds is 7. The molecule has 1 atom stereocenters. The largest absolute Gasteiger partial charge is 0.497 e. The number of aromatic nitrogens is 3. The van der Waals surface area contributed by atoms with Gasteiger partial charge in [-0.2, -0.15) is 0 Å². The van der Waals surface area contributed by atoms with Crippen molar-refractivity contribution in [3.8, 4) is 17.2 Å². The molecule has 0 aliphatic carbocycles. The molecule has 44 heavy (non-hydrogen) atoms. The average molecular weight is 620 g/mol. The molecular formula is C33H34FN3O6S. The summed E-state index contributed by atoms with van der Waals surface area (Å²) in [5.41, 5.74) is -0.454. The van der Waals surface area contributed by atoms with Gasteiger partial charge in [0.25, 0.3) is 11.1 Å². The third-order valence-corrected chi connectivity index (χ3v) is 8.02. The molecule has 2 heterocycles. The third kappa shape index (κ3) is 6.00. The van der Waals surface area contributed by atoms with Crippen molar-refractivity contribution in [3.63, 3.8) is 0 Å². The van der Waals surface area contributed by atoms with E-state index in [0.717, 1.165) is 19.3 Å². The lowest BCUT2D eigenvalue weighted by molar-refractivity contribution is 0.414. The van der Waals surface area contributed by atoms with Crippen LogP contribution in [-0.4, -0.2) is 25.0 Å². The highest BCUT2D eigenvalue weighted by atomic mass is 32.2. The molecule has 1 unspecified atom stereocenters. The maximum absolute atomic E-state index is 15.4. The molecule has 0 radical (unpaired) electrons. The number of aryl methyl sites for hydroxylation is 3. The summed E-state index contributed by atoms with van der Waals surface area (Å²) in [6.07, 6.45) is 0. The molecule has 0 spiro atoms. The van der Waals surface area contributed by atoms with Gasteiger partial charge in [-0.1, -0.05) is 49.7 Å². The second-order valence-electron chi connectivity index (χ2n) is 9.96. The maximum Gasteiger partial charge on any atom is 0.337 e. The van der Waals surface area contributed by atoms with Gasteiger partial charge in [-0.25, -0.2) is 18.0 Å². The number of nitrogens with zero attached hydrogens (tertiary/aromatic N) is 3. The molecule has 0 amide bonds. The van der Waals surface area contributed by atoms with Crippen molar-refractivity contribution >= 4 is 22.1 Å². The van der Waals surface area contributed by atoms with Gasteiger partial charge in [0.1, 0.15) is 22.6 Å². The number of hydrogen-bond donors (Lipinski definition) is 0. The first kappa shape index (κ1) is 32.2. The van der Waals surface area contributed by atoms with Crippen LogP contribution in [0.1, 0.15) is 36.1 Å². The van der Waals surface area contributed by atoms with E-state index in [2.05, 4.69) is 0 Å². The van der Waals surface area contributed by atoms with Crippen molar-refractivity contribution in [2.75, 3.05) is 7.11 Å². The summed E-state index contributed by atoms with van der Waals surface area (Å²) in [6, 6.07) is 17.8. The van der Waals surface area contributed by atoms with Crippen LogP contribution in [0.15, 0.2) is 86.0 Å². The van der Waals surface area contributed by atoms with Crippen molar-refractivity contribution in [1.82, 2.24) is 13.7 Å². The van der Waals surface area contributed by atoms with E-state index in [-0.39, 0.29) is 34.6 Å². The van der Waals surface area contributed by atoms with E-state index in [9.17, 15) is 18.6 Å². The van der Waals surface area contributed by atoms with Gasteiger partial charge in [-0.05, 0) is 68.3 Å². The Morgan fingerprint density at radius 1 is 0.841 bits per heavy atom. The predicted octanol–water partition coefficient (Wildman–Crippen LogP) is 5.10. The van der Waals surface area contributed by atoms with Crippen LogP contribution in [0, 0.1) is 26.6 Å². The fourth-order valence-corrected chi connectivity index (χ4v) is 5.54. The van der Waals surface area contributed by atoms with Crippen molar-refractivity contribution in [2.45, 2.75) is 46.1 Å². The van der Waals surface area contributed by atoms with E-state index in [1.807, 2.05) is 20.8 Å². The number of ether oxygens (including phenoxy) is 1. The minimum absolute atomic E-state index is 0.00753. The summed E-state index contributed by atoms with van der Waals surface area (Å²) in [7, 11) is 2.90. The number of halogens is 1. The van der Waals surface area contributed by atoms with Crippen LogP contribution >= 0.6 is 0 Å². The molecule has 0 fully saturated rings. The molecule has 0 saturated carbocycles. The first-order valence-electron chi connectivity index (χ1n) is 14.0. The summed E-state index contributed by atoms with van der Waals surface area (Å²) in [4.78, 5) is 41.9. The van der Waals surface area contributed by atoms with Crippen LogP contribution in [-0.2, 0) is 24.7 Å². The molecule has 9 nitrogen and oxygen atoms in total. The fourth-order valence-electron chi connectivity index (χ4n) is 4.73. The third-order valence-electron chi connectivity index (χ3n) is 7.04. The highest BCUT2D eigenvalue weighted by Crippen LogP contribution is 2.28. The minimum Gasteiger partial charge on any atom is -0.497 e. The van der Waals surface area contributed by atoms with E-state index in [1.165, 1.54) is 33.2 Å². The SMILES string of the molecule is CC.COc1ccc(Cn2c(=O)c3c(OS(=O)c4ccc(C)cc4)c(C)c(=O)n(C)c3n(-c3ccc(C)cc3F)c2=O)cc1. The normalized spacial score (nSPS) is 11.5. The van der Waals surface area contributed by atoms with Crippen molar-refractivity contribution in [3.05, 3.63) is 126 Å². The standard InChI is InChI=1S/C31H28FN3O6S.C2H6/c1-18-6-13-23(14-7-18)42(39)41-27-20(3)29(36)33(4)28-26(27)30(37)34(17-21-9-11-22(40-5)12-10-21)31(38)35(28)25-15-8-19(2)16-24(25)32;1-2/h6-16H,17H2,1-5H3;1-2H3. The molecule has 11 heteroatoms. The fraction of sp³-hybridized carbons (Fsp3) is 0.242. The Morgan fingerprint density at radius 3 is 2.05 bits per heavy atom. The molecule has 2 aromatic heterocycles. The van der Waals surface area contributed by atoms with E-state index in [4.69, 9.17) is 8.92 Å². The van der Waals surface area contributed by atoms with Gasteiger partial charge in [0.05, 0.1) is 29.8 Å². The van der Waals surface area contributed by atoms with E-state index in [0.29, 0.717) is 21.8 Å². The Hall–Kier alpha value is -4.77. The van der Waals surface area contributed by atoms with Crippen LogP contribution < -0.4 is 25.7 Å². The summed E-state index contributed by atoms with van der Waals surface area (Å²) in [5, 5.41) is -0.192. The van der Waals surface area contributed by atoms with Crippen molar-refractivity contribution < 1.29 is 17.5 Å². The zero-order valence-corrected chi connectivity index (χ0v) is 26.5. The molecule has 230 valence electrons. The van der Waals surface area contributed by atoms with Crippen LogP contribution in [0.3, 0.4) is 0 Å². The van der Waals surface area contributed by atoms with Gasteiger partial charge in [-0.15, -0.1) is 0 Å². The van der Waals surface area contributed by atoms with Gasteiger partial charge in [0.2, 0.25) is 11.1 Å². The molecule has 5 aromatic rings. The highest BCUT2D eigenvalue weighted by Gasteiger charge is 2.26. The Kier molecular flexibility index (Phi) is 9.68. The average Bonchev–Trinajstić information content (AvgIpc) is 3.02. The van der Waals surface area contributed by atoms with Crippen molar-refractivity contribution in [2.24, 2.45) is 7.05 Å². The molecule has 0 saturated heterocycles. The van der Waals surface area contributed by atoms with Crippen LogP contribution in [0.5, 0.6) is 11.5 Å². The quantitative estimate of drug-likeness (QED) is 0.251. The highest BCUT2D eigenvalue weighted by molar-refractivity contribution is 7.80. The first-order chi connectivity index (χ1) is 21.0. The minimum atomic E-state index is -2.12. The Labute approximate surface area is 256 Å². The number of hydrogen-bond acceptors (Lipinski definition) is 6. The lowest BCUT2D eigenvalue weighted by Crippen LogP contribution is -2.42. The van der Waals surface area contributed by atoms with Gasteiger partial charge in [-0.3, -0.25) is 18.7 Å². The maximum atomic E-state index is 15.4. The lowest BCUT2D eigenvalue weighted by atomic mass is 10.1. The van der Waals surface area contributed by atoms with Gasteiger partial charge in [0, 0.05) is 7.05 Å². The molecule has 0 aliphatic rings. The molecule has 0 bridgehead atoms. The van der Waals surface area contributed by atoms with Gasteiger partial charge >= 0.3 is 5.69 Å². The van der Waals surface area contributed by atoms with Crippen LogP contribution in [0.4, 0.5) is 4.39 Å².